The van der Waals surface area contributed by atoms with Crippen LogP contribution in [0.15, 0.2) is 24.3 Å². The molecular formula is C18H22ClN5O2. The molecular weight excluding hydrogens is 354 g/mol. The van der Waals surface area contributed by atoms with Gasteiger partial charge in [0.05, 0.1) is 11.6 Å². The second-order valence-corrected chi connectivity index (χ2v) is 7.08. The number of halogens is 1. The fourth-order valence-electron chi connectivity index (χ4n) is 3.60. The summed E-state index contributed by atoms with van der Waals surface area (Å²) in [5.41, 5.74) is 0. The molecule has 0 spiro atoms. The van der Waals surface area contributed by atoms with Crippen LogP contribution < -0.4 is 10.1 Å². The standard InChI is InChI=1S/C18H22ClN5O2/c19-14-3-1-2-4-15(14)26-12-17(25)23-8-5-13(6-9-23)18-22-21-16-11-20-7-10-24(16)18/h1-4,13,20H,5-12H2. The summed E-state index contributed by atoms with van der Waals surface area (Å²) in [5, 5.41) is 12.5. The zero-order valence-electron chi connectivity index (χ0n) is 14.5. The average molecular weight is 376 g/mol. The summed E-state index contributed by atoms with van der Waals surface area (Å²) in [6, 6.07) is 7.19. The lowest BCUT2D eigenvalue weighted by Gasteiger charge is -2.32. The maximum atomic E-state index is 12.4. The smallest absolute Gasteiger partial charge is 0.260 e. The number of fused-ring (bicyclic) bond motifs is 1. The van der Waals surface area contributed by atoms with Crippen molar-refractivity contribution in [3.8, 4) is 5.75 Å². The molecule has 8 heteroatoms. The first-order chi connectivity index (χ1) is 12.7. The Balaban J connectivity index is 1.31. The highest BCUT2D eigenvalue weighted by Gasteiger charge is 2.28. The second-order valence-electron chi connectivity index (χ2n) is 6.68. The molecule has 138 valence electrons. The fraction of sp³-hybridized carbons (Fsp3) is 0.500. The van der Waals surface area contributed by atoms with E-state index in [-0.39, 0.29) is 12.5 Å². The first kappa shape index (κ1) is 17.3. The molecule has 7 nitrogen and oxygen atoms in total. The summed E-state index contributed by atoms with van der Waals surface area (Å²) in [6.45, 7) is 4.10. The van der Waals surface area contributed by atoms with Crippen molar-refractivity contribution in [3.63, 3.8) is 0 Å². The molecule has 3 heterocycles. The van der Waals surface area contributed by atoms with E-state index in [2.05, 4.69) is 20.1 Å². The van der Waals surface area contributed by atoms with Gasteiger partial charge in [-0.3, -0.25) is 4.79 Å². The number of para-hydroxylation sites is 1. The van der Waals surface area contributed by atoms with Crippen LogP contribution in [0.25, 0.3) is 0 Å². The van der Waals surface area contributed by atoms with Gasteiger partial charge in [-0.25, -0.2) is 0 Å². The van der Waals surface area contributed by atoms with E-state index in [1.165, 1.54) is 0 Å². The van der Waals surface area contributed by atoms with Crippen LogP contribution in [0.5, 0.6) is 5.75 Å². The largest absolute Gasteiger partial charge is 0.482 e. The average Bonchev–Trinajstić information content (AvgIpc) is 3.11. The highest BCUT2D eigenvalue weighted by Crippen LogP contribution is 2.28. The molecule has 2 aliphatic heterocycles. The first-order valence-electron chi connectivity index (χ1n) is 9.00. The van der Waals surface area contributed by atoms with Crippen LogP contribution in [-0.4, -0.2) is 51.8 Å². The molecule has 1 amide bonds. The van der Waals surface area contributed by atoms with Gasteiger partial charge in [-0.05, 0) is 25.0 Å². The van der Waals surface area contributed by atoms with Gasteiger partial charge in [-0.1, -0.05) is 23.7 Å². The van der Waals surface area contributed by atoms with E-state index in [1.807, 2.05) is 17.0 Å². The van der Waals surface area contributed by atoms with Crippen molar-refractivity contribution in [2.45, 2.75) is 31.8 Å². The van der Waals surface area contributed by atoms with E-state index in [4.69, 9.17) is 16.3 Å². The van der Waals surface area contributed by atoms with Gasteiger partial charge in [0, 0.05) is 32.1 Å². The monoisotopic (exact) mass is 375 g/mol. The molecule has 1 fully saturated rings. The number of hydrogen-bond donors (Lipinski definition) is 1. The Morgan fingerprint density at radius 3 is 2.85 bits per heavy atom. The minimum atomic E-state index is -0.00385. The van der Waals surface area contributed by atoms with Gasteiger partial charge < -0.3 is 19.5 Å². The third-order valence-corrected chi connectivity index (χ3v) is 5.36. The molecule has 0 unspecified atom stereocenters. The molecule has 1 aromatic heterocycles. The zero-order chi connectivity index (χ0) is 17.9. The summed E-state index contributed by atoms with van der Waals surface area (Å²) >= 11 is 6.06. The van der Waals surface area contributed by atoms with Crippen LogP contribution >= 0.6 is 11.6 Å². The first-order valence-corrected chi connectivity index (χ1v) is 9.38. The Bertz CT molecular complexity index is 786. The Hall–Kier alpha value is -2.12. The fourth-order valence-corrected chi connectivity index (χ4v) is 3.79. The van der Waals surface area contributed by atoms with Crippen LogP contribution in [-0.2, 0) is 17.9 Å². The summed E-state index contributed by atoms with van der Waals surface area (Å²) in [4.78, 5) is 14.3. The normalized spacial score (nSPS) is 17.8. The van der Waals surface area contributed by atoms with E-state index < -0.39 is 0 Å². The highest BCUT2D eigenvalue weighted by atomic mass is 35.5. The third kappa shape index (κ3) is 3.54. The number of nitrogens with one attached hydrogen (secondary N) is 1. The molecule has 4 rings (SSSR count). The molecule has 0 atom stereocenters. The number of hydrogen-bond acceptors (Lipinski definition) is 5. The Kier molecular flexibility index (Phi) is 5.08. The summed E-state index contributed by atoms with van der Waals surface area (Å²) in [6.07, 6.45) is 1.81. The number of carbonyl (C=O) groups excluding carboxylic acids is 1. The van der Waals surface area contributed by atoms with Gasteiger partial charge in [0.25, 0.3) is 5.91 Å². The van der Waals surface area contributed by atoms with Crippen LogP contribution in [0.1, 0.15) is 30.4 Å². The van der Waals surface area contributed by atoms with Gasteiger partial charge >= 0.3 is 0 Å². The molecule has 1 N–H and O–H groups in total. The number of amides is 1. The minimum absolute atomic E-state index is 0.00385. The summed E-state index contributed by atoms with van der Waals surface area (Å²) in [5.74, 6) is 2.98. The summed E-state index contributed by atoms with van der Waals surface area (Å²) < 4.78 is 7.80. The van der Waals surface area contributed by atoms with Crippen molar-refractivity contribution in [2.75, 3.05) is 26.2 Å². The lowest BCUT2D eigenvalue weighted by molar-refractivity contribution is -0.134. The van der Waals surface area contributed by atoms with E-state index in [0.717, 1.165) is 57.2 Å². The van der Waals surface area contributed by atoms with Gasteiger partial charge in [0.15, 0.2) is 6.61 Å². The van der Waals surface area contributed by atoms with Crippen LogP contribution in [0, 0.1) is 0 Å². The van der Waals surface area contributed by atoms with Gasteiger partial charge in [0.1, 0.15) is 17.4 Å². The molecule has 0 bridgehead atoms. The predicted molar refractivity (Wildman–Crippen MR) is 97.2 cm³/mol. The lowest BCUT2D eigenvalue weighted by Crippen LogP contribution is -2.41. The lowest BCUT2D eigenvalue weighted by atomic mass is 9.95. The van der Waals surface area contributed by atoms with Crippen molar-refractivity contribution in [2.24, 2.45) is 0 Å². The maximum Gasteiger partial charge on any atom is 0.260 e. The molecule has 1 saturated heterocycles. The molecule has 26 heavy (non-hydrogen) atoms. The quantitative estimate of drug-likeness (QED) is 0.882. The van der Waals surface area contributed by atoms with Crippen molar-refractivity contribution in [1.29, 1.82) is 0 Å². The summed E-state index contributed by atoms with van der Waals surface area (Å²) in [7, 11) is 0. The molecule has 2 aliphatic rings. The molecule has 2 aromatic rings. The molecule has 0 radical (unpaired) electrons. The van der Waals surface area contributed by atoms with E-state index in [1.54, 1.807) is 12.1 Å². The number of ether oxygens (including phenoxy) is 1. The topological polar surface area (TPSA) is 72.3 Å². The predicted octanol–water partition coefficient (Wildman–Crippen LogP) is 1.82. The van der Waals surface area contributed by atoms with Crippen molar-refractivity contribution < 1.29 is 9.53 Å². The Morgan fingerprint density at radius 1 is 1.23 bits per heavy atom. The van der Waals surface area contributed by atoms with E-state index >= 15 is 0 Å². The van der Waals surface area contributed by atoms with E-state index in [9.17, 15) is 4.79 Å². The van der Waals surface area contributed by atoms with Gasteiger partial charge in [-0.2, -0.15) is 0 Å². The van der Waals surface area contributed by atoms with Gasteiger partial charge in [0.2, 0.25) is 0 Å². The SMILES string of the molecule is O=C(COc1ccccc1Cl)N1CCC(c2nnc3n2CCNC3)CC1. The number of rotatable bonds is 4. The number of piperidine rings is 1. The van der Waals surface area contributed by atoms with Crippen LogP contribution in [0.3, 0.4) is 0 Å². The van der Waals surface area contributed by atoms with E-state index in [0.29, 0.717) is 16.7 Å². The van der Waals surface area contributed by atoms with Crippen LogP contribution in [0.2, 0.25) is 5.02 Å². The number of likely N-dealkylation sites (tertiary alicyclic amines) is 1. The number of carbonyl (C=O) groups is 1. The molecule has 0 aliphatic carbocycles. The number of benzene rings is 1. The van der Waals surface area contributed by atoms with Crippen LogP contribution in [0.4, 0.5) is 0 Å². The number of nitrogens with zero attached hydrogens (tertiary/aromatic N) is 4. The Morgan fingerprint density at radius 2 is 2.04 bits per heavy atom. The Labute approximate surface area is 157 Å². The number of aromatic nitrogens is 3. The third-order valence-electron chi connectivity index (χ3n) is 5.05. The zero-order valence-corrected chi connectivity index (χ0v) is 15.3. The highest BCUT2D eigenvalue weighted by molar-refractivity contribution is 6.32. The molecule has 0 saturated carbocycles. The van der Waals surface area contributed by atoms with Gasteiger partial charge in [-0.15, -0.1) is 10.2 Å². The van der Waals surface area contributed by atoms with Crippen molar-refractivity contribution in [1.82, 2.24) is 25.0 Å². The molecule has 1 aromatic carbocycles. The minimum Gasteiger partial charge on any atom is -0.482 e. The van der Waals surface area contributed by atoms with Crippen molar-refractivity contribution >= 4 is 17.5 Å². The maximum absolute atomic E-state index is 12.4. The second kappa shape index (κ2) is 7.63. The van der Waals surface area contributed by atoms with Crippen molar-refractivity contribution in [3.05, 3.63) is 40.9 Å².